The van der Waals surface area contributed by atoms with Crippen LogP contribution in [0.5, 0.6) is 11.6 Å². The number of amides is 1. The maximum atomic E-state index is 11.0. The summed E-state index contributed by atoms with van der Waals surface area (Å²) in [7, 11) is 0. The van der Waals surface area contributed by atoms with Gasteiger partial charge in [-0.1, -0.05) is 18.2 Å². The molecule has 0 spiro atoms. The van der Waals surface area contributed by atoms with Crippen LogP contribution in [0.3, 0.4) is 0 Å². The summed E-state index contributed by atoms with van der Waals surface area (Å²) >= 11 is 0. The van der Waals surface area contributed by atoms with Crippen LogP contribution >= 0.6 is 0 Å². The van der Waals surface area contributed by atoms with Crippen molar-refractivity contribution >= 4 is 5.91 Å². The van der Waals surface area contributed by atoms with Gasteiger partial charge in [0.15, 0.2) is 0 Å². The SMILES string of the molecule is O=C(NO)c1ccc(Oc2ccccc2)nc1. The highest BCUT2D eigenvalue weighted by atomic mass is 16.5. The molecule has 5 nitrogen and oxygen atoms in total. The van der Waals surface area contributed by atoms with Crippen LogP contribution in [0.2, 0.25) is 0 Å². The summed E-state index contributed by atoms with van der Waals surface area (Å²) in [6.45, 7) is 0. The third-order valence-corrected chi connectivity index (χ3v) is 2.07. The van der Waals surface area contributed by atoms with E-state index in [9.17, 15) is 4.79 Å². The summed E-state index contributed by atoms with van der Waals surface area (Å²) in [4.78, 5) is 15.0. The van der Waals surface area contributed by atoms with Gasteiger partial charge in [-0.25, -0.2) is 10.5 Å². The van der Waals surface area contributed by atoms with E-state index in [4.69, 9.17) is 9.94 Å². The number of pyridine rings is 1. The lowest BCUT2D eigenvalue weighted by atomic mass is 10.3. The number of carbonyl (C=O) groups is 1. The molecule has 0 radical (unpaired) electrons. The number of carbonyl (C=O) groups excluding carboxylic acids is 1. The average molecular weight is 230 g/mol. The van der Waals surface area contributed by atoms with Crippen LogP contribution in [0.1, 0.15) is 10.4 Å². The molecule has 0 atom stereocenters. The zero-order valence-corrected chi connectivity index (χ0v) is 8.83. The molecule has 1 aromatic carbocycles. The topological polar surface area (TPSA) is 71.5 Å². The summed E-state index contributed by atoms with van der Waals surface area (Å²) in [5.74, 6) is 0.439. The lowest BCUT2D eigenvalue weighted by molar-refractivity contribution is 0.0706. The molecule has 1 amide bonds. The highest BCUT2D eigenvalue weighted by Gasteiger charge is 2.05. The third kappa shape index (κ3) is 2.79. The first kappa shape index (κ1) is 11.1. The van der Waals surface area contributed by atoms with Crippen molar-refractivity contribution in [2.24, 2.45) is 0 Å². The molecule has 86 valence electrons. The first-order chi connectivity index (χ1) is 8.29. The van der Waals surface area contributed by atoms with Crippen LogP contribution in [-0.4, -0.2) is 16.1 Å². The Kier molecular flexibility index (Phi) is 3.32. The number of hydroxylamine groups is 1. The molecule has 0 aliphatic heterocycles. The predicted octanol–water partition coefficient (Wildman–Crippen LogP) is 1.99. The van der Waals surface area contributed by atoms with Gasteiger partial charge in [-0.3, -0.25) is 10.0 Å². The summed E-state index contributed by atoms with van der Waals surface area (Å²) in [5, 5.41) is 8.43. The summed E-state index contributed by atoms with van der Waals surface area (Å²) in [6, 6.07) is 12.3. The van der Waals surface area contributed by atoms with E-state index in [2.05, 4.69) is 4.98 Å². The number of nitrogens with zero attached hydrogens (tertiary/aromatic N) is 1. The molecular formula is C12H10N2O3. The first-order valence-corrected chi connectivity index (χ1v) is 4.93. The maximum absolute atomic E-state index is 11.0. The van der Waals surface area contributed by atoms with Crippen molar-refractivity contribution in [3.8, 4) is 11.6 Å². The highest BCUT2D eigenvalue weighted by Crippen LogP contribution is 2.18. The van der Waals surface area contributed by atoms with Gasteiger partial charge in [-0.2, -0.15) is 0 Å². The molecule has 0 saturated carbocycles. The first-order valence-electron chi connectivity index (χ1n) is 4.93. The Labute approximate surface area is 97.6 Å². The van der Waals surface area contributed by atoms with E-state index >= 15 is 0 Å². The van der Waals surface area contributed by atoms with Crippen LogP contribution in [0.4, 0.5) is 0 Å². The van der Waals surface area contributed by atoms with Gasteiger partial charge in [0, 0.05) is 12.3 Å². The summed E-state index contributed by atoms with van der Waals surface area (Å²) < 4.78 is 5.44. The minimum Gasteiger partial charge on any atom is -0.439 e. The van der Waals surface area contributed by atoms with Gasteiger partial charge in [0.1, 0.15) is 5.75 Å². The van der Waals surface area contributed by atoms with E-state index in [1.54, 1.807) is 18.2 Å². The predicted molar refractivity (Wildman–Crippen MR) is 60.0 cm³/mol. The van der Waals surface area contributed by atoms with E-state index in [-0.39, 0.29) is 5.56 Å². The number of hydrogen-bond acceptors (Lipinski definition) is 4. The number of aromatic nitrogens is 1. The number of hydrogen-bond donors (Lipinski definition) is 2. The Hall–Kier alpha value is -2.40. The van der Waals surface area contributed by atoms with E-state index in [0.29, 0.717) is 11.6 Å². The van der Waals surface area contributed by atoms with Gasteiger partial charge in [-0.05, 0) is 18.2 Å². The molecule has 0 fully saturated rings. The molecule has 0 unspecified atom stereocenters. The summed E-state index contributed by atoms with van der Waals surface area (Å²) in [6.07, 6.45) is 1.32. The average Bonchev–Trinajstić information content (AvgIpc) is 2.40. The van der Waals surface area contributed by atoms with Crippen molar-refractivity contribution in [3.63, 3.8) is 0 Å². The number of ether oxygens (including phenoxy) is 1. The molecular weight excluding hydrogens is 220 g/mol. The number of nitrogens with one attached hydrogen (secondary N) is 1. The smallest absolute Gasteiger partial charge is 0.276 e. The van der Waals surface area contributed by atoms with Gasteiger partial charge in [0.05, 0.1) is 5.56 Å². The van der Waals surface area contributed by atoms with Gasteiger partial charge in [0.25, 0.3) is 5.91 Å². The standard InChI is InChI=1S/C12H10N2O3/c15-12(14-16)9-6-7-11(13-8-9)17-10-4-2-1-3-5-10/h1-8,16H,(H,14,15). The molecule has 5 heteroatoms. The van der Waals surface area contributed by atoms with Crippen LogP contribution < -0.4 is 10.2 Å². The van der Waals surface area contributed by atoms with Crippen molar-refractivity contribution in [2.75, 3.05) is 0 Å². The second kappa shape index (κ2) is 5.09. The fourth-order valence-corrected chi connectivity index (χ4v) is 1.25. The molecule has 0 aliphatic rings. The fourth-order valence-electron chi connectivity index (χ4n) is 1.25. The minimum absolute atomic E-state index is 0.257. The highest BCUT2D eigenvalue weighted by molar-refractivity contribution is 5.92. The maximum Gasteiger partial charge on any atom is 0.276 e. The Morgan fingerprint density at radius 2 is 1.94 bits per heavy atom. The lowest BCUT2D eigenvalue weighted by Crippen LogP contribution is -2.18. The molecule has 0 bridgehead atoms. The van der Waals surface area contributed by atoms with Crippen LogP contribution in [0, 0.1) is 0 Å². The van der Waals surface area contributed by atoms with Crippen LogP contribution in [0.15, 0.2) is 48.7 Å². The summed E-state index contributed by atoms with van der Waals surface area (Å²) in [5.41, 5.74) is 1.79. The van der Waals surface area contributed by atoms with Crippen molar-refractivity contribution in [3.05, 3.63) is 54.2 Å². The quantitative estimate of drug-likeness (QED) is 0.624. The molecule has 2 aromatic rings. The van der Waals surface area contributed by atoms with E-state index in [1.165, 1.54) is 17.7 Å². The minimum atomic E-state index is -0.608. The Bertz CT molecular complexity index is 497. The molecule has 1 aromatic heterocycles. The van der Waals surface area contributed by atoms with Crippen molar-refractivity contribution in [1.29, 1.82) is 0 Å². The molecule has 17 heavy (non-hydrogen) atoms. The number of para-hydroxylation sites is 1. The van der Waals surface area contributed by atoms with Crippen molar-refractivity contribution < 1.29 is 14.7 Å². The molecule has 2 N–H and O–H groups in total. The van der Waals surface area contributed by atoms with Crippen LogP contribution in [0.25, 0.3) is 0 Å². The largest absolute Gasteiger partial charge is 0.439 e. The van der Waals surface area contributed by atoms with Gasteiger partial charge >= 0.3 is 0 Å². The molecule has 1 heterocycles. The zero-order valence-electron chi connectivity index (χ0n) is 8.83. The lowest BCUT2D eigenvalue weighted by Gasteiger charge is -2.04. The monoisotopic (exact) mass is 230 g/mol. The Morgan fingerprint density at radius 1 is 1.18 bits per heavy atom. The van der Waals surface area contributed by atoms with E-state index in [0.717, 1.165) is 0 Å². The molecule has 0 saturated heterocycles. The van der Waals surface area contributed by atoms with E-state index in [1.807, 2.05) is 18.2 Å². The van der Waals surface area contributed by atoms with E-state index < -0.39 is 5.91 Å². The third-order valence-electron chi connectivity index (χ3n) is 2.07. The normalized spacial score (nSPS) is 9.71. The second-order valence-corrected chi connectivity index (χ2v) is 3.24. The van der Waals surface area contributed by atoms with Gasteiger partial charge in [-0.15, -0.1) is 0 Å². The van der Waals surface area contributed by atoms with Crippen LogP contribution in [-0.2, 0) is 0 Å². The molecule has 2 rings (SSSR count). The second-order valence-electron chi connectivity index (χ2n) is 3.24. The van der Waals surface area contributed by atoms with Gasteiger partial charge in [0.2, 0.25) is 5.88 Å². The zero-order chi connectivity index (χ0) is 12.1. The molecule has 0 aliphatic carbocycles. The Morgan fingerprint density at radius 3 is 2.53 bits per heavy atom. The fraction of sp³-hybridized carbons (Fsp3) is 0. The van der Waals surface area contributed by atoms with Gasteiger partial charge < -0.3 is 4.74 Å². The van der Waals surface area contributed by atoms with Crippen molar-refractivity contribution in [2.45, 2.75) is 0 Å². The number of benzene rings is 1. The van der Waals surface area contributed by atoms with Crippen molar-refractivity contribution in [1.82, 2.24) is 10.5 Å². The Balaban J connectivity index is 2.11. The number of rotatable bonds is 3.